The lowest BCUT2D eigenvalue weighted by atomic mass is 10.1. The number of aromatic nitrogens is 1. The van der Waals surface area contributed by atoms with E-state index in [1.54, 1.807) is 11.8 Å². The molecule has 0 aliphatic heterocycles. The molecule has 0 saturated carbocycles. The molecular weight excluding hydrogens is 264 g/mol. The Hall–Kier alpha value is -1.84. The number of pyridine rings is 1. The maximum absolute atomic E-state index is 5.87. The highest BCUT2D eigenvalue weighted by Gasteiger charge is 2.09. The molecule has 0 fully saturated rings. The Balaban J connectivity index is 2.11. The van der Waals surface area contributed by atoms with Crippen molar-refractivity contribution in [2.45, 2.75) is 23.3 Å². The van der Waals surface area contributed by atoms with Crippen molar-refractivity contribution in [2.75, 3.05) is 0 Å². The molecule has 3 heteroatoms. The fourth-order valence-corrected chi connectivity index (χ4v) is 3.20. The normalized spacial score (nSPS) is 10.9. The molecule has 0 aliphatic rings. The van der Waals surface area contributed by atoms with Crippen molar-refractivity contribution in [3.63, 3.8) is 0 Å². The zero-order chi connectivity index (χ0) is 13.9. The molecule has 1 heterocycles. The minimum absolute atomic E-state index is 0.506. The highest BCUT2D eigenvalue weighted by Crippen LogP contribution is 2.35. The summed E-state index contributed by atoms with van der Waals surface area (Å²) in [4.78, 5) is 6.91. The number of hydrogen-bond acceptors (Lipinski definition) is 3. The largest absolute Gasteiger partial charge is 0.326 e. The summed E-state index contributed by atoms with van der Waals surface area (Å²) in [7, 11) is 0. The lowest BCUT2D eigenvalue weighted by molar-refractivity contribution is 1.02. The summed E-state index contributed by atoms with van der Waals surface area (Å²) in [6.45, 7) is 2.60. The van der Waals surface area contributed by atoms with Gasteiger partial charge < -0.3 is 5.73 Å². The van der Waals surface area contributed by atoms with Crippen molar-refractivity contribution >= 4 is 22.7 Å². The van der Waals surface area contributed by atoms with E-state index in [-0.39, 0.29) is 0 Å². The van der Waals surface area contributed by atoms with E-state index in [4.69, 9.17) is 5.73 Å². The summed E-state index contributed by atoms with van der Waals surface area (Å²) in [5.74, 6) is 0. The van der Waals surface area contributed by atoms with E-state index in [0.717, 1.165) is 11.1 Å². The van der Waals surface area contributed by atoms with Gasteiger partial charge in [0.05, 0.1) is 5.52 Å². The topological polar surface area (TPSA) is 38.9 Å². The van der Waals surface area contributed by atoms with Crippen LogP contribution < -0.4 is 5.73 Å². The third kappa shape index (κ3) is 2.55. The van der Waals surface area contributed by atoms with Crippen molar-refractivity contribution in [3.05, 3.63) is 65.9 Å². The van der Waals surface area contributed by atoms with Gasteiger partial charge in [0.2, 0.25) is 0 Å². The van der Waals surface area contributed by atoms with Crippen molar-refractivity contribution in [1.29, 1.82) is 0 Å². The van der Waals surface area contributed by atoms with Gasteiger partial charge in [-0.1, -0.05) is 47.7 Å². The van der Waals surface area contributed by atoms with Crippen LogP contribution in [0.1, 0.15) is 11.1 Å². The van der Waals surface area contributed by atoms with Crippen LogP contribution in [0.15, 0.2) is 64.5 Å². The molecule has 3 rings (SSSR count). The van der Waals surface area contributed by atoms with Crippen LogP contribution in [0, 0.1) is 6.92 Å². The van der Waals surface area contributed by atoms with Gasteiger partial charge in [0.1, 0.15) is 0 Å². The van der Waals surface area contributed by atoms with Crippen LogP contribution in [0.25, 0.3) is 10.9 Å². The van der Waals surface area contributed by atoms with E-state index in [1.807, 2.05) is 24.4 Å². The van der Waals surface area contributed by atoms with Gasteiger partial charge in [-0.15, -0.1) is 0 Å². The number of hydrogen-bond donors (Lipinski definition) is 1. The molecule has 0 spiro atoms. The highest BCUT2D eigenvalue weighted by molar-refractivity contribution is 7.99. The zero-order valence-corrected chi connectivity index (χ0v) is 12.2. The predicted molar refractivity (Wildman–Crippen MR) is 84.9 cm³/mol. The van der Waals surface area contributed by atoms with E-state index in [1.165, 1.54) is 20.7 Å². The van der Waals surface area contributed by atoms with Crippen LogP contribution in [0.3, 0.4) is 0 Å². The summed E-state index contributed by atoms with van der Waals surface area (Å²) in [6, 6.07) is 16.8. The molecule has 3 aromatic rings. The molecule has 0 atom stereocenters. The summed E-state index contributed by atoms with van der Waals surface area (Å²) < 4.78 is 0. The third-order valence-corrected chi connectivity index (χ3v) is 4.45. The van der Waals surface area contributed by atoms with Crippen molar-refractivity contribution in [3.8, 4) is 0 Å². The molecule has 0 bridgehead atoms. The average Bonchev–Trinajstić information content (AvgIpc) is 2.50. The Bertz CT molecular complexity index is 736. The molecule has 0 aliphatic carbocycles. The number of nitrogens with zero attached hydrogens (tertiary/aromatic N) is 1. The second-order valence-corrected chi connectivity index (χ2v) is 5.83. The quantitative estimate of drug-likeness (QED) is 0.783. The summed E-state index contributed by atoms with van der Waals surface area (Å²) in [5.41, 5.74) is 9.24. The van der Waals surface area contributed by atoms with Gasteiger partial charge in [0.15, 0.2) is 0 Å². The Morgan fingerprint density at radius 2 is 1.80 bits per heavy atom. The van der Waals surface area contributed by atoms with Crippen LogP contribution in [0.4, 0.5) is 0 Å². The van der Waals surface area contributed by atoms with E-state index in [9.17, 15) is 0 Å². The molecule has 0 amide bonds. The van der Waals surface area contributed by atoms with Crippen LogP contribution in [0.2, 0.25) is 0 Å². The summed E-state index contributed by atoms with van der Waals surface area (Å²) >= 11 is 1.76. The Morgan fingerprint density at radius 1 is 1.05 bits per heavy atom. The van der Waals surface area contributed by atoms with Gasteiger partial charge in [0.25, 0.3) is 0 Å². The maximum atomic E-state index is 5.87. The van der Waals surface area contributed by atoms with Crippen LogP contribution in [0.5, 0.6) is 0 Å². The minimum atomic E-state index is 0.506. The lowest BCUT2D eigenvalue weighted by Crippen LogP contribution is -2.00. The van der Waals surface area contributed by atoms with Gasteiger partial charge >= 0.3 is 0 Å². The van der Waals surface area contributed by atoms with E-state index < -0.39 is 0 Å². The standard InChI is InChI=1S/C17H16N2S/c1-12-6-8-14(9-7-12)20-17-13(10-18)11-19-16-5-3-2-4-15(16)17/h2-9,11H,10,18H2,1H3. The second-order valence-electron chi connectivity index (χ2n) is 4.75. The van der Waals surface area contributed by atoms with Gasteiger partial charge in [-0.25, -0.2) is 0 Å². The molecular formula is C17H16N2S. The number of benzene rings is 2. The molecule has 0 unspecified atom stereocenters. The highest BCUT2D eigenvalue weighted by atomic mass is 32.2. The zero-order valence-electron chi connectivity index (χ0n) is 11.3. The van der Waals surface area contributed by atoms with E-state index >= 15 is 0 Å². The monoisotopic (exact) mass is 280 g/mol. The summed E-state index contributed by atoms with van der Waals surface area (Å²) in [6.07, 6.45) is 1.89. The number of para-hydroxylation sites is 1. The second kappa shape index (κ2) is 5.65. The fraction of sp³-hybridized carbons (Fsp3) is 0.118. The molecule has 2 nitrogen and oxygen atoms in total. The first-order chi connectivity index (χ1) is 9.78. The molecule has 2 aromatic carbocycles. The van der Waals surface area contributed by atoms with Crippen LogP contribution in [-0.4, -0.2) is 4.98 Å². The van der Waals surface area contributed by atoms with Gasteiger partial charge in [0, 0.05) is 27.9 Å². The Kier molecular flexibility index (Phi) is 3.72. The SMILES string of the molecule is Cc1ccc(Sc2c(CN)cnc3ccccc23)cc1. The molecule has 0 radical (unpaired) electrons. The van der Waals surface area contributed by atoms with Crippen molar-refractivity contribution < 1.29 is 0 Å². The smallest absolute Gasteiger partial charge is 0.0713 e. The molecule has 20 heavy (non-hydrogen) atoms. The van der Waals surface area contributed by atoms with Crippen molar-refractivity contribution in [2.24, 2.45) is 5.73 Å². The Labute approximate surface area is 123 Å². The average molecular weight is 280 g/mol. The number of aryl methyl sites for hydroxylation is 1. The van der Waals surface area contributed by atoms with Crippen LogP contribution in [-0.2, 0) is 6.54 Å². The number of rotatable bonds is 3. The van der Waals surface area contributed by atoms with Crippen LogP contribution >= 0.6 is 11.8 Å². The van der Waals surface area contributed by atoms with Crippen molar-refractivity contribution in [1.82, 2.24) is 4.98 Å². The molecule has 2 N–H and O–H groups in total. The van der Waals surface area contributed by atoms with Gasteiger partial charge in [-0.3, -0.25) is 4.98 Å². The Morgan fingerprint density at radius 3 is 2.55 bits per heavy atom. The third-order valence-electron chi connectivity index (χ3n) is 3.26. The van der Waals surface area contributed by atoms with Gasteiger partial charge in [-0.05, 0) is 30.7 Å². The predicted octanol–water partition coefficient (Wildman–Crippen LogP) is 4.15. The van der Waals surface area contributed by atoms with Gasteiger partial charge in [-0.2, -0.15) is 0 Å². The molecule has 1 aromatic heterocycles. The van der Waals surface area contributed by atoms with E-state index in [2.05, 4.69) is 42.2 Å². The first-order valence-electron chi connectivity index (χ1n) is 6.59. The lowest BCUT2D eigenvalue weighted by Gasteiger charge is -2.11. The summed E-state index contributed by atoms with van der Waals surface area (Å²) in [5, 5.41) is 1.17. The van der Waals surface area contributed by atoms with E-state index in [0.29, 0.717) is 6.54 Å². The number of fused-ring (bicyclic) bond motifs is 1. The fourth-order valence-electron chi connectivity index (χ4n) is 2.15. The minimum Gasteiger partial charge on any atom is -0.326 e. The molecule has 100 valence electrons. The maximum Gasteiger partial charge on any atom is 0.0713 e. The first-order valence-corrected chi connectivity index (χ1v) is 7.41. The number of nitrogens with two attached hydrogens (primary N) is 1. The first kappa shape index (κ1) is 13.2. The molecule has 0 saturated heterocycles.